The van der Waals surface area contributed by atoms with Gasteiger partial charge in [0.2, 0.25) is 0 Å². The van der Waals surface area contributed by atoms with E-state index in [1.54, 1.807) is 26.0 Å². The number of halogens is 2. The predicted molar refractivity (Wildman–Crippen MR) is 58.7 cm³/mol. The van der Waals surface area contributed by atoms with Crippen molar-refractivity contribution < 1.29 is 8.91 Å². The molecule has 0 aliphatic carbocycles. The number of alkyl halides is 1. The molecule has 1 aromatic carbocycles. The van der Waals surface area contributed by atoms with Gasteiger partial charge < -0.3 is 4.52 Å². The van der Waals surface area contributed by atoms with E-state index >= 15 is 0 Å². The van der Waals surface area contributed by atoms with E-state index in [-0.39, 0.29) is 11.2 Å². The monoisotopic (exact) mass is 240 g/mol. The van der Waals surface area contributed by atoms with E-state index in [0.717, 1.165) is 0 Å². The number of benzene rings is 1. The number of rotatable bonds is 2. The maximum Gasteiger partial charge on any atom is 0.257 e. The summed E-state index contributed by atoms with van der Waals surface area (Å²) in [6.07, 6.45) is 0. The molecule has 5 heteroatoms. The molecular formula is C11H10ClFN2O. The Morgan fingerprint density at radius 3 is 2.75 bits per heavy atom. The normalized spacial score (nSPS) is 12.8. The Labute approximate surface area is 97.2 Å². The summed E-state index contributed by atoms with van der Waals surface area (Å²) in [4.78, 5) is 4.12. The Balaban J connectivity index is 2.39. The molecular weight excluding hydrogens is 231 g/mol. The van der Waals surface area contributed by atoms with Crippen LogP contribution in [-0.2, 0) is 0 Å². The minimum absolute atomic E-state index is 0.255. The molecule has 0 spiro atoms. The Bertz CT molecular complexity index is 510. The van der Waals surface area contributed by atoms with Crippen molar-refractivity contribution in [1.29, 1.82) is 0 Å². The number of hydrogen-bond acceptors (Lipinski definition) is 3. The molecule has 0 aliphatic heterocycles. The molecule has 0 fully saturated rings. The molecule has 0 radical (unpaired) electrons. The van der Waals surface area contributed by atoms with Crippen LogP contribution in [0.15, 0.2) is 22.7 Å². The number of nitrogens with zero attached hydrogens (tertiary/aromatic N) is 2. The molecule has 1 aromatic heterocycles. The third kappa shape index (κ3) is 2.07. The van der Waals surface area contributed by atoms with Crippen molar-refractivity contribution in [2.24, 2.45) is 0 Å². The summed E-state index contributed by atoms with van der Waals surface area (Å²) in [6.45, 7) is 3.44. The topological polar surface area (TPSA) is 38.9 Å². The van der Waals surface area contributed by atoms with Crippen molar-refractivity contribution in [3.63, 3.8) is 0 Å². The standard InChI is InChI=1S/C11H10ClFN2O/c1-6-5-8(3-4-9(6)13)11-14-10(7(2)12)15-16-11/h3-5,7H,1-2H3. The predicted octanol–water partition coefficient (Wildman–Crippen LogP) is 3.48. The average Bonchev–Trinajstić information content (AvgIpc) is 2.71. The van der Waals surface area contributed by atoms with Gasteiger partial charge in [0, 0.05) is 5.56 Å². The Morgan fingerprint density at radius 2 is 2.19 bits per heavy atom. The molecule has 1 atom stereocenters. The first-order valence-corrected chi connectivity index (χ1v) is 5.26. The molecule has 0 saturated carbocycles. The fourth-order valence-corrected chi connectivity index (χ4v) is 1.38. The number of aromatic nitrogens is 2. The second kappa shape index (κ2) is 4.22. The van der Waals surface area contributed by atoms with Gasteiger partial charge in [0.05, 0.1) is 5.38 Å². The highest BCUT2D eigenvalue weighted by atomic mass is 35.5. The number of aryl methyl sites for hydroxylation is 1. The zero-order chi connectivity index (χ0) is 11.7. The summed E-state index contributed by atoms with van der Waals surface area (Å²) < 4.78 is 18.1. The minimum Gasteiger partial charge on any atom is -0.334 e. The van der Waals surface area contributed by atoms with Crippen LogP contribution < -0.4 is 0 Å². The average molecular weight is 241 g/mol. The molecule has 0 aliphatic rings. The summed E-state index contributed by atoms with van der Waals surface area (Å²) in [6, 6.07) is 4.63. The molecule has 3 nitrogen and oxygen atoms in total. The molecule has 0 bridgehead atoms. The first-order valence-electron chi connectivity index (χ1n) is 4.82. The van der Waals surface area contributed by atoms with Crippen LogP contribution >= 0.6 is 11.6 Å². The zero-order valence-corrected chi connectivity index (χ0v) is 9.62. The molecule has 2 aromatic rings. The van der Waals surface area contributed by atoms with Crippen molar-refractivity contribution in [3.8, 4) is 11.5 Å². The fraction of sp³-hybridized carbons (Fsp3) is 0.273. The minimum atomic E-state index is -0.306. The van der Waals surface area contributed by atoms with Gasteiger partial charge in [-0.3, -0.25) is 0 Å². The highest BCUT2D eigenvalue weighted by molar-refractivity contribution is 6.20. The van der Waals surface area contributed by atoms with Crippen LogP contribution in [0.25, 0.3) is 11.5 Å². The molecule has 2 rings (SSSR count). The highest BCUT2D eigenvalue weighted by Gasteiger charge is 2.13. The third-order valence-corrected chi connectivity index (χ3v) is 2.40. The van der Waals surface area contributed by atoms with Crippen LogP contribution in [0.3, 0.4) is 0 Å². The second-order valence-corrected chi connectivity index (χ2v) is 4.19. The second-order valence-electron chi connectivity index (χ2n) is 3.54. The zero-order valence-electron chi connectivity index (χ0n) is 8.87. The van der Waals surface area contributed by atoms with E-state index in [9.17, 15) is 4.39 Å². The van der Waals surface area contributed by atoms with Gasteiger partial charge in [-0.15, -0.1) is 11.6 Å². The lowest BCUT2D eigenvalue weighted by Crippen LogP contribution is -1.87. The molecule has 84 valence electrons. The number of hydrogen-bond donors (Lipinski definition) is 0. The molecule has 0 saturated heterocycles. The van der Waals surface area contributed by atoms with Gasteiger partial charge in [-0.25, -0.2) is 4.39 Å². The van der Waals surface area contributed by atoms with E-state index in [4.69, 9.17) is 16.1 Å². The lowest BCUT2D eigenvalue weighted by molar-refractivity contribution is 0.422. The van der Waals surface area contributed by atoms with E-state index < -0.39 is 0 Å². The van der Waals surface area contributed by atoms with Gasteiger partial charge in [-0.05, 0) is 37.6 Å². The summed E-state index contributed by atoms with van der Waals surface area (Å²) in [5.74, 6) is 0.526. The maximum absolute atomic E-state index is 13.1. The van der Waals surface area contributed by atoms with Crippen LogP contribution in [0.2, 0.25) is 0 Å². The smallest absolute Gasteiger partial charge is 0.257 e. The SMILES string of the molecule is Cc1cc(-c2nc(C(C)Cl)no2)ccc1F. The van der Waals surface area contributed by atoms with E-state index in [2.05, 4.69) is 10.1 Å². The van der Waals surface area contributed by atoms with Crippen LogP contribution in [0.5, 0.6) is 0 Å². The maximum atomic E-state index is 13.1. The van der Waals surface area contributed by atoms with Crippen molar-refractivity contribution in [2.75, 3.05) is 0 Å². The Morgan fingerprint density at radius 1 is 1.44 bits per heavy atom. The molecule has 1 unspecified atom stereocenters. The molecule has 1 heterocycles. The van der Waals surface area contributed by atoms with Crippen LogP contribution in [0.1, 0.15) is 23.7 Å². The highest BCUT2D eigenvalue weighted by Crippen LogP contribution is 2.23. The van der Waals surface area contributed by atoms with Gasteiger partial charge in [0.25, 0.3) is 5.89 Å². The van der Waals surface area contributed by atoms with Gasteiger partial charge in [0.1, 0.15) is 5.82 Å². The Kier molecular flexibility index (Phi) is 2.92. The quantitative estimate of drug-likeness (QED) is 0.755. The summed E-state index contributed by atoms with van der Waals surface area (Å²) in [5, 5.41) is 3.43. The lowest BCUT2D eigenvalue weighted by atomic mass is 10.1. The van der Waals surface area contributed by atoms with Crippen molar-refractivity contribution in [3.05, 3.63) is 35.4 Å². The van der Waals surface area contributed by atoms with E-state index in [0.29, 0.717) is 22.8 Å². The summed E-state index contributed by atoms with van der Waals surface area (Å²) in [7, 11) is 0. The molecule has 0 N–H and O–H groups in total. The van der Waals surface area contributed by atoms with Crippen molar-refractivity contribution in [1.82, 2.24) is 10.1 Å². The van der Waals surface area contributed by atoms with Gasteiger partial charge in [-0.2, -0.15) is 4.98 Å². The lowest BCUT2D eigenvalue weighted by Gasteiger charge is -1.97. The van der Waals surface area contributed by atoms with Crippen LogP contribution in [0.4, 0.5) is 4.39 Å². The van der Waals surface area contributed by atoms with Crippen molar-refractivity contribution >= 4 is 11.6 Å². The van der Waals surface area contributed by atoms with Crippen LogP contribution in [-0.4, -0.2) is 10.1 Å². The molecule has 0 amide bonds. The summed E-state index contributed by atoms with van der Waals surface area (Å²) >= 11 is 5.82. The first kappa shape index (κ1) is 11.1. The summed E-state index contributed by atoms with van der Waals surface area (Å²) in [5.41, 5.74) is 1.23. The van der Waals surface area contributed by atoms with E-state index in [1.807, 2.05) is 0 Å². The van der Waals surface area contributed by atoms with Gasteiger partial charge in [0.15, 0.2) is 5.82 Å². The van der Waals surface area contributed by atoms with E-state index in [1.165, 1.54) is 6.07 Å². The van der Waals surface area contributed by atoms with Crippen molar-refractivity contribution in [2.45, 2.75) is 19.2 Å². The first-order chi connectivity index (χ1) is 7.58. The third-order valence-electron chi connectivity index (χ3n) is 2.20. The Hall–Kier alpha value is -1.42. The molecule has 16 heavy (non-hydrogen) atoms. The van der Waals surface area contributed by atoms with Crippen LogP contribution in [0, 0.1) is 12.7 Å². The fourth-order valence-electron chi connectivity index (χ4n) is 1.29. The van der Waals surface area contributed by atoms with Gasteiger partial charge in [-0.1, -0.05) is 5.16 Å². The van der Waals surface area contributed by atoms with Gasteiger partial charge >= 0.3 is 0 Å². The largest absolute Gasteiger partial charge is 0.334 e.